The molecule has 1 amide bonds. The number of carbonyl (C=O) groups excluding carboxylic acids is 2. The Morgan fingerprint density at radius 2 is 1.78 bits per heavy atom. The quantitative estimate of drug-likeness (QED) is 0.308. The van der Waals surface area contributed by atoms with Crippen molar-refractivity contribution in [2.24, 2.45) is 0 Å². The highest BCUT2D eigenvalue weighted by Crippen LogP contribution is 2.29. The molecule has 1 aliphatic heterocycles. The summed E-state index contributed by atoms with van der Waals surface area (Å²) in [5.41, 5.74) is -5.06. The first-order chi connectivity index (χ1) is 14.8. The number of aliphatic hydroxyl groups excluding tert-OH is 1. The van der Waals surface area contributed by atoms with Crippen molar-refractivity contribution in [2.75, 3.05) is 6.61 Å². The van der Waals surface area contributed by atoms with Crippen LogP contribution in [-0.4, -0.2) is 68.2 Å². The number of carbonyl (C=O) groups is 2. The number of hydrogen-bond acceptors (Lipinski definition) is 9. The number of hydrogen-bond donors (Lipinski definition) is 2. The number of esters is 1. The second-order valence-corrected chi connectivity index (χ2v) is 8.42. The van der Waals surface area contributed by atoms with Gasteiger partial charge in [0.25, 0.3) is 0 Å². The zero-order chi connectivity index (χ0) is 24.1. The van der Waals surface area contributed by atoms with Gasteiger partial charge in [-0.05, 0) is 5.56 Å². The maximum absolute atomic E-state index is 12.6. The first-order valence-electron chi connectivity index (χ1n) is 9.21. The van der Waals surface area contributed by atoms with Gasteiger partial charge in [0.05, 0.1) is 13.2 Å². The van der Waals surface area contributed by atoms with Gasteiger partial charge in [0.1, 0.15) is 18.2 Å². The SMILES string of the molecule is CC(=O)N[C@@H]1[C@@H](OC(C)=O)[C@H](OCc2ccccc2)[C@@H](COS(=O)(=O)C(F)(F)F)O[C@@H]1O. The van der Waals surface area contributed by atoms with Crippen molar-refractivity contribution in [1.82, 2.24) is 5.32 Å². The lowest BCUT2D eigenvalue weighted by Crippen LogP contribution is -2.65. The number of benzene rings is 1. The molecule has 1 heterocycles. The van der Waals surface area contributed by atoms with E-state index in [4.69, 9.17) is 14.2 Å². The van der Waals surface area contributed by atoms with Gasteiger partial charge in [-0.25, -0.2) is 0 Å². The molecule has 1 fully saturated rings. The van der Waals surface area contributed by atoms with Crippen LogP contribution in [0, 0.1) is 0 Å². The Bertz CT molecular complexity index is 895. The molecule has 1 saturated heterocycles. The Balaban J connectivity index is 2.33. The van der Waals surface area contributed by atoms with Crippen molar-refractivity contribution < 1.29 is 54.7 Å². The molecule has 1 aliphatic rings. The smallest absolute Gasteiger partial charge is 0.457 e. The van der Waals surface area contributed by atoms with Gasteiger partial charge in [0.2, 0.25) is 5.91 Å². The molecule has 0 unspecified atom stereocenters. The van der Waals surface area contributed by atoms with E-state index in [0.717, 1.165) is 13.8 Å². The molecule has 5 atom stereocenters. The second kappa shape index (κ2) is 10.6. The molecular formula is C18H22F3NO9S. The van der Waals surface area contributed by atoms with Gasteiger partial charge in [-0.1, -0.05) is 30.3 Å². The predicted octanol–water partition coefficient (Wildman–Crippen LogP) is 0.592. The largest absolute Gasteiger partial charge is 0.523 e. The first-order valence-corrected chi connectivity index (χ1v) is 10.6. The van der Waals surface area contributed by atoms with E-state index in [2.05, 4.69) is 9.50 Å². The topological polar surface area (TPSA) is 137 Å². The minimum Gasteiger partial charge on any atom is -0.457 e. The van der Waals surface area contributed by atoms with Crippen molar-refractivity contribution in [1.29, 1.82) is 0 Å². The lowest BCUT2D eigenvalue weighted by Gasteiger charge is -2.44. The van der Waals surface area contributed by atoms with Crippen LogP contribution >= 0.6 is 0 Å². The number of nitrogens with one attached hydrogen (secondary N) is 1. The molecule has 1 aromatic carbocycles. The number of ether oxygens (including phenoxy) is 3. The van der Waals surface area contributed by atoms with Crippen LogP contribution in [0.5, 0.6) is 0 Å². The lowest BCUT2D eigenvalue weighted by molar-refractivity contribution is -0.267. The van der Waals surface area contributed by atoms with E-state index in [1.807, 2.05) is 0 Å². The van der Waals surface area contributed by atoms with Gasteiger partial charge in [0.15, 0.2) is 12.4 Å². The van der Waals surface area contributed by atoms with Crippen molar-refractivity contribution in [3.8, 4) is 0 Å². The molecule has 0 saturated carbocycles. The Hall–Kier alpha value is -2.26. The summed E-state index contributed by atoms with van der Waals surface area (Å²) >= 11 is 0. The number of alkyl halides is 3. The van der Waals surface area contributed by atoms with Gasteiger partial charge in [-0.15, -0.1) is 0 Å². The molecule has 14 heteroatoms. The summed E-state index contributed by atoms with van der Waals surface area (Å²) in [5.74, 6) is -1.48. The molecule has 2 rings (SSSR count). The van der Waals surface area contributed by atoms with Gasteiger partial charge >= 0.3 is 21.6 Å². The van der Waals surface area contributed by atoms with E-state index in [1.165, 1.54) is 0 Å². The molecular weight excluding hydrogens is 463 g/mol. The highest BCUT2D eigenvalue weighted by Gasteiger charge is 2.52. The van der Waals surface area contributed by atoms with E-state index in [-0.39, 0.29) is 6.61 Å². The molecule has 2 N–H and O–H groups in total. The third kappa shape index (κ3) is 6.87. The van der Waals surface area contributed by atoms with Crippen molar-refractivity contribution >= 4 is 22.0 Å². The monoisotopic (exact) mass is 485 g/mol. The Labute approximate surface area is 181 Å². The number of halogens is 3. The van der Waals surface area contributed by atoms with Crippen molar-refractivity contribution in [3.05, 3.63) is 35.9 Å². The van der Waals surface area contributed by atoms with E-state index in [0.29, 0.717) is 5.56 Å². The molecule has 0 radical (unpaired) electrons. The van der Waals surface area contributed by atoms with Gasteiger partial charge in [-0.2, -0.15) is 21.6 Å². The molecule has 180 valence electrons. The van der Waals surface area contributed by atoms with Crippen molar-refractivity contribution in [3.63, 3.8) is 0 Å². The highest BCUT2D eigenvalue weighted by molar-refractivity contribution is 7.87. The minimum atomic E-state index is -5.97. The fourth-order valence-corrected chi connectivity index (χ4v) is 3.41. The molecule has 1 aromatic rings. The number of amides is 1. The number of rotatable bonds is 8. The Kier molecular flexibility index (Phi) is 8.59. The maximum Gasteiger partial charge on any atom is 0.523 e. The molecule has 32 heavy (non-hydrogen) atoms. The zero-order valence-corrected chi connectivity index (χ0v) is 17.8. The van der Waals surface area contributed by atoms with Gasteiger partial charge < -0.3 is 24.6 Å². The summed E-state index contributed by atoms with van der Waals surface area (Å²) in [7, 11) is -5.97. The summed E-state index contributed by atoms with van der Waals surface area (Å²) in [6.07, 6.45) is -6.34. The van der Waals surface area contributed by atoms with E-state index >= 15 is 0 Å². The average molecular weight is 485 g/mol. The van der Waals surface area contributed by atoms with Crippen LogP contribution in [0.2, 0.25) is 0 Å². The fraction of sp³-hybridized carbons (Fsp3) is 0.556. The Morgan fingerprint density at radius 1 is 1.16 bits per heavy atom. The van der Waals surface area contributed by atoms with Gasteiger partial charge in [-0.3, -0.25) is 13.8 Å². The summed E-state index contributed by atoms with van der Waals surface area (Å²) in [6.45, 7) is 0.796. The van der Waals surface area contributed by atoms with Crippen LogP contribution in [0.25, 0.3) is 0 Å². The van der Waals surface area contributed by atoms with Crippen LogP contribution in [-0.2, 0) is 44.7 Å². The predicted molar refractivity (Wildman–Crippen MR) is 100.0 cm³/mol. The minimum absolute atomic E-state index is 0.141. The third-order valence-electron chi connectivity index (χ3n) is 4.29. The third-order valence-corrected chi connectivity index (χ3v) is 5.31. The summed E-state index contributed by atoms with van der Waals surface area (Å²) < 4.78 is 80.5. The van der Waals surface area contributed by atoms with E-state index < -0.39 is 64.8 Å². The zero-order valence-electron chi connectivity index (χ0n) is 16.9. The second-order valence-electron chi connectivity index (χ2n) is 6.81. The lowest BCUT2D eigenvalue weighted by atomic mass is 9.96. The van der Waals surface area contributed by atoms with Crippen LogP contribution < -0.4 is 5.32 Å². The standard InChI is InChI=1S/C18H22F3NO9S/c1-10(23)22-14-16(30-11(2)24)15(28-8-12-6-4-3-5-7-12)13(31-17(14)25)9-29-32(26,27)18(19,20)21/h3-7,13-17,25H,8-9H2,1-2H3,(H,22,23)/t13-,14-,15-,16-,17+/m1/s1. The molecule has 10 nitrogen and oxygen atoms in total. The van der Waals surface area contributed by atoms with Crippen LogP contribution in [0.1, 0.15) is 19.4 Å². The summed E-state index contributed by atoms with van der Waals surface area (Å²) in [4.78, 5) is 23.2. The summed E-state index contributed by atoms with van der Waals surface area (Å²) in [6, 6.07) is 7.11. The van der Waals surface area contributed by atoms with Crippen LogP contribution in [0.3, 0.4) is 0 Å². The fourth-order valence-electron chi connectivity index (χ4n) is 2.97. The molecule has 0 spiro atoms. The molecule has 0 bridgehead atoms. The van der Waals surface area contributed by atoms with E-state index in [1.54, 1.807) is 30.3 Å². The normalized spacial score (nSPS) is 26.4. The highest BCUT2D eigenvalue weighted by atomic mass is 32.2. The average Bonchev–Trinajstić information content (AvgIpc) is 2.68. The summed E-state index contributed by atoms with van der Waals surface area (Å²) in [5, 5.41) is 12.6. The first kappa shape index (κ1) is 26.0. The van der Waals surface area contributed by atoms with Crippen LogP contribution in [0.4, 0.5) is 13.2 Å². The van der Waals surface area contributed by atoms with Crippen molar-refractivity contribution in [2.45, 2.75) is 56.6 Å². The van der Waals surface area contributed by atoms with E-state index in [9.17, 15) is 36.3 Å². The van der Waals surface area contributed by atoms with Crippen LogP contribution in [0.15, 0.2) is 30.3 Å². The van der Waals surface area contributed by atoms with Gasteiger partial charge in [0, 0.05) is 13.8 Å². The Morgan fingerprint density at radius 3 is 2.31 bits per heavy atom. The number of aliphatic hydroxyl groups is 1. The molecule has 0 aliphatic carbocycles. The molecule has 0 aromatic heterocycles. The maximum atomic E-state index is 12.6.